The summed E-state index contributed by atoms with van der Waals surface area (Å²) in [4.78, 5) is 34.6. The van der Waals surface area contributed by atoms with E-state index in [-0.39, 0.29) is 60.6 Å². The van der Waals surface area contributed by atoms with Crippen LogP contribution in [0.3, 0.4) is 0 Å². The molecular weight excluding hydrogens is 557 g/mol. The zero-order valence-electron chi connectivity index (χ0n) is 23.8. The number of ketones is 1. The predicted molar refractivity (Wildman–Crippen MR) is 152 cm³/mol. The van der Waals surface area contributed by atoms with Crippen LogP contribution in [0.2, 0.25) is 0 Å². The molecule has 13 nitrogen and oxygen atoms in total. The van der Waals surface area contributed by atoms with E-state index in [1.54, 1.807) is 19.2 Å². The van der Waals surface area contributed by atoms with Gasteiger partial charge in [0, 0.05) is 18.4 Å². The largest absolute Gasteiger partial charge is 0.494 e. The van der Waals surface area contributed by atoms with Crippen LogP contribution in [-0.2, 0) is 22.5 Å². The number of methoxy groups -OCH3 is 1. The first-order valence-corrected chi connectivity index (χ1v) is 14.2. The van der Waals surface area contributed by atoms with Gasteiger partial charge in [-0.2, -0.15) is 0 Å². The van der Waals surface area contributed by atoms with Gasteiger partial charge in [0.15, 0.2) is 17.3 Å². The number of fused-ring (bicyclic) bond motifs is 1. The van der Waals surface area contributed by atoms with Crippen molar-refractivity contribution in [1.29, 1.82) is 0 Å². The van der Waals surface area contributed by atoms with E-state index in [1.165, 1.54) is 34.4 Å². The van der Waals surface area contributed by atoms with Crippen molar-refractivity contribution >= 4 is 23.3 Å². The fourth-order valence-electron chi connectivity index (χ4n) is 5.24. The third kappa shape index (κ3) is 6.17. The van der Waals surface area contributed by atoms with Gasteiger partial charge in [-0.25, -0.2) is 18.7 Å². The highest BCUT2D eigenvalue weighted by molar-refractivity contribution is 6.16. The lowest BCUT2D eigenvalue weighted by molar-refractivity contribution is -0.143. The molecule has 1 saturated carbocycles. The number of nitrogens with zero attached hydrogens (tertiary/aromatic N) is 9. The number of ether oxygens (including phenoxy) is 2. The summed E-state index contributed by atoms with van der Waals surface area (Å²) in [6, 6.07) is 2.91. The molecular formula is C29H30FN9O4. The first kappa shape index (κ1) is 28.2. The molecule has 1 unspecified atom stereocenters. The number of halogens is 1. The molecule has 0 N–H and O–H groups in total. The second kappa shape index (κ2) is 12.2. The number of hydrogen-bond donors (Lipinski definition) is 0. The maximum absolute atomic E-state index is 15.2. The maximum Gasteiger partial charge on any atom is 0.306 e. The summed E-state index contributed by atoms with van der Waals surface area (Å²) in [5.74, 6) is 0.0398. The molecule has 0 amide bonds. The van der Waals surface area contributed by atoms with Gasteiger partial charge in [0.1, 0.15) is 30.4 Å². The molecule has 1 aliphatic heterocycles. The van der Waals surface area contributed by atoms with Crippen LogP contribution in [0.25, 0.3) is 5.69 Å². The van der Waals surface area contributed by atoms with E-state index >= 15 is 4.39 Å². The third-order valence-electron chi connectivity index (χ3n) is 7.52. The Hall–Kier alpha value is -4.88. The van der Waals surface area contributed by atoms with Gasteiger partial charge in [0.2, 0.25) is 0 Å². The molecule has 222 valence electrons. The molecule has 3 aromatic rings. The molecule has 43 heavy (non-hydrogen) atoms. The molecule has 2 aromatic heterocycles. The van der Waals surface area contributed by atoms with Crippen molar-refractivity contribution in [2.24, 2.45) is 15.9 Å². The average molecular weight is 588 g/mol. The maximum atomic E-state index is 15.2. The van der Waals surface area contributed by atoms with Gasteiger partial charge < -0.3 is 9.47 Å². The fourth-order valence-corrected chi connectivity index (χ4v) is 5.24. The minimum Gasteiger partial charge on any atom is -0.494 e. The Kier molecular flexibility index (Phi) is 7.99. The fraction of sp³-hybridized carbons (Fsp3) is 0.414. The Morgan fingerprint density at radius 1 is 1.14 bits per heavy atom. The number of esters is 1. The second-order valence-corrected chi connectivity index (χ2v) is 10.5. The van der Waals surface area contributed by atoms with Crippen molar-refractivity contribution < 1.29 is 23.5 Å². The number of benzene rings is 1. The molecule has 0 saturated heterocycles. The minimum atomic E-state index is -0.582. The monoisotopic (exact) mass is 587 g/mol. The Labute approximate surface area is 246 Å². The lowest BCUT2D eigenvalue weighted by Gasteiger charge is -2.18. The molecule has 2 aliphatic carbocycles. The highest BCUT2D eigenvalue weighted by Gasteiger charge is 2.33. The number of rotatable bonds is 13. The molecule has 1 atom stereocenters. The summed E-state index contributed by atoms with van der Waals surface area (Å²) < 4.78 is 28.2. The summed E-state index contributed by atoms with van der Waals surface area (Å²) in [6.07, 6.45) is 10.4. The summed E-state index contributed by atoms with van der Waals surface area (Å²) in [6.45, 7) is 2.37. The van der Waals surface area contributed by atoms with Crippen LogP contribution in [0, 0.1) is 11.7 Å². The third-order valence-corrected chi connectivity index (χ3v) is 7.52. The first-order chi connectivity index (χ1) is 20.9. The molecule has 0 spiro atoms. The molecule has 3 heterocycles. The lowest BCUT2D eigenvalue weighted by Crippen LogP contribution is -2.21. The molecule has 6 rings (SSSR count). The van der Waals surface area contributed by atoms with Gasteiger partial charge in [-0.3, -0.25) is 14.6 Å². The van der Waals surface area contributed by atoms with Gasteiger partial charge in [-0.05, 0) is 72.2 Å². The van der Waals surface area contributed by atoms with Crippen molar-refractivity contribution in [1.82, 2.24) is 35.2 Å². The number of Topliss-reactive ketones (excluding diaryl/α,β-unsaturated/α-hetero) is 1. The first-order valence-electron chi connectivity index (χ1n) is 14.2. The standard InChI is InChI=1S/C29H30FN9O4/c1-3-43-27(41)11-6-18-12-19(17-4-5-17)13-21-29(18)33-26(32-21)15-38-14-22(34-36-38)24(40)9-7-20-23(39-16-31-35-37-39)8-10-25(42-2)28(20)30/h8,10,12-14,16-17,21H,3-7,9,11,15H2,1-2H3. The van der Waals surface area contributed by atoms with Crippen molar-refractivity contribution in [2.45, 2.75) is 58.0 Å². The SMILES string of the molecule is CCOC(=O)CCC1=CC(C2CC2)=CC2N=C(Cn3cc(C(=O)CCc4c(-n5cnnn5)ccc(OC)c4F)nn3)N=C12. The number of tetrazole rings is 1. The molecule has 0 bridgehead atoms. The Balaban J connectivity index is 1.13. The van der Waals surface area contributed by atoms with Crippen LogP contribution < -0.4 is 4.74 Å². The van der Waals surface area contributed by atoms with E-state index in [9.17, 15) is 9.59 Å². The highest BCUT2D eigenvalue weighted by Crippen LogP contribution is 2.41. The highest BCUT2D eigenvalue weighted by atomic mass is 19.1. The van der Waals surface area contributed by atoms with Crippen LogP contribution in [0.15, 0.2) is 57.9 Å². The molecule has 0 radical (unpaired) electrons. The van der Waals surface area contributed by atoms with Crippen molar-refractivity contribution in [2.75, 3.05) is 13.7 Å². The van der Waals surface area contributed by atoms with Gasteiger partial charge in [0.25, 0.3) is 0 Å². The van der Waals surface area contributed by atoms with Crippen molar-refractivity contribution in [3.8, 4) is 11.4 Å². The van der Waals surface area contributed by atoms with Crippen molar-refractivity contribution in [3.63, 3.8) is 0 Å². The van der Waals surface area contributed by atoms with E-state index in [2.05, 4.69) is 38.0 Å². The van der Waals surface area contributed by atoms with Gasteiger partial charge in [-0.15, -0.1) is 10.2 Å². The van der Waals surface area contributed by atoms with Crippen LogP contribution in [0.1, 0.15) is 55.1 Å². The molecule has 1 fully saturated rings. The minimum absolute atomic E-state index is 0.0212. The summed E-state index contributed by atoms with van der Waals surface area (Å²) >= 11 is 0. The van der Waals surface area contributed by atoms with Crippen LogP contribution in [-0.4, -0.2) is 78.3 Å². The van der Waals surface area contributed by atoms with E-state index in [0.29, 0.717) is 30.5 Å². The van der Waals surface area contributed by atoms with E-state index in [0.717, 1.165) is 24.1 Å². The van der Waals surface area contributed by atoms with Gasteiger partial charge >= 0.3 is 5.97 Å². The number of carbonyl (C=O) groups is 2. The molecule has 1 aromatic carbocycles. The zero-order chi connectivity index (χ0) is 29.9. The quantitative estimate of drug-likeness (QED) is 0.217. The van der Waals surface area contributed by atoms with E-state index in [1.807, 2.05) is 0 Å². The lowest BCUT2D eigenvalue weighted by atomic mass is 9.89. The van der Waals surface area contributed by atoms with Gasteiger partial charge in [0.05, 0.1) is 31.3 Å². The smallest absolute Gasteiger partial charge is 0.306 e. The van der Waals surface area contributed by atoms with Crippen LogP contribution in [0.5, 0.6) is 5.75 Å². The van der Waals surface area contributed by atoms with Crippen molar-refractivity contribution in [3.05, 3.63) is 65.0 Å². The Morgan fingerprint density at radius 3 is 2.74 bits per heavy atom. The summed E-state index contributed by atoms with van der Waals surface area (Å²) in [5.41, 5.74) is 3.89. The normalized spacial score (nSPS) is 17.5. The van der Waals surface area contributed by atoms with Crippen LogP contribution in [0.4, 0.5) is 4.39 Å². The van der Waals surface area contributed by atoms with Crippen LogP contribution >= 0.6 is 0 Å². The van der Waals surface area contributed by atoms with Gasteiger partial charge in [-0.1, -0.05) is 17.4 Å². The average Bonchev–Trinajstić information content (AvgIpc) is 3.34. The number of aromatic nitrogens is 7. The zero-order valence-corrected chi connectivity index (χ0v) is 23.8. The Morgan fingerprint density at radius 2 is 2.00 bits per heavy atom. The predicted octanol–water partition coefficient (Wildman–Crippen LogP) is 3.06. The topological polar surface area (TPSA) is 152 Å². The number of carbonyl (C=O) groups excluding carboxylic acids is 2. The second-order valence-electron chi connectivity index (χ2n) is 10.5. The van der Waals surface area contributed by atoms with E-state index < -0.39 is 5.82 Å². The van der Waals surface area contributed by atoms with E-state index in [4.69, 9.17) is 19.5 Å². The molecule has 14 heteroatoms. The molecule has 3 aliphatic rings. The number of amidine groups is 1. The number of allylic oxidation sites excluding steroid dienone is 2. The number of aliphatic imine (C=N–C) groups is 2. The summed E-state index contributed by atoms with van der Waals surface area (Å²) in [7, 11) is 1.37. The number of hydrogen-bond acceptors (Lipinski definition) is 11. The Bertz CT molecular complexity index is 1670. The summed E-state index contributed by atoms with van der Waals surface area (Å²) in [5, 5.41) is 19.2.